The van der Waals surface area contributed by atoms with Gasteiger partial charge in [0.05, 0.1) is 7.11 Å². The number of nitrogens with zero attached hydrogens (tertiary/aromatic N) is 1. The van der Waals surface area contributed by atoms with Crippen LogP contribution in [-0.2, 0) is 13.2 Å². The van der Waals surface area contributed by atoms with Crippen molar-refractivity contribution < 1.29 is 9.47 Å². The Morgan fingerprint density at radius 2 is 1.93 bits per heavy atom. The van der Waals surface area contributed by atoms with Crippen LogP contribution in [0.1, 0.15) is 11.1 Å². The van der Waals surface area contributed by atoms with Crippen molar-refractivity contribution in [3.05, 3.63) is 58.6 Å². The molecule has 0 bridgehead atoms. The van der Waals surface area contributed by atoms with E-state index >= 15 is 0 Å². The summed E-state index contributed by atoms with van der Waals surface area (Å²) in [7, 11) is 1.67. The Hall–Kier alpha value is -1.79. The summed E-state index contributed by atoms with van der Waals surface area (Å²) in [6.07, 6.45) is 0. The van der Waals surface area contributed by atoms with E-state index in [1.165, 1.54) is 5.56 Å². The summed E-state index contributed by atoms with van der Waals surface area (Å²) in [5, 5.41) is 7.60. The lowest BCUT2D eigenvalue weighted by atomic mass is 10.2. The Morgan fingerprint density at radius 3 is 2.70 bits per heavy atom. The Labute approximate surface area is 166 Å². The van der Waals surface area contributed by atoms with Crippen molar-refractivity contribution in [1.29, 1.82) is 0 Å². The first-order chi connectivity index (χ1) is 13.2. The number of rotatable bonds is 9. The maximum atomic E-state index is 6.02. The lowest BCUT2D eigenvalue weighted by Crippen LogP contribution is -2.45. The molecule has 0 saturated carbocycles. The molecule has 2 aromatic rings. The molecule has 1 aliphatic heterocycles. The molecular weight excluding hydrogens is 362 g/mol. The molecule has 27 heavy (non-hydrogen) atoms. The number of hydrogen-bond acceptors (Lipinski definition) is 5. The standard InChI is InChI=1S/C21H28ClN3O2/c1-26-21-14-17(15-24-9-12-25-10-7-23-8-11-25)5-6-20(21)27-16-18-3-2-4-19(22)13-18/h2-6,13-14,23-24H,7-12,15-16H2,1H3. The van der Waals surface area contributed by atoms with Crippen molar-refractivity contribution in [2.24, 2.45) is 0 Å². The monoisotopic (exact) mass is 389 g/mol. The molecule has 0 aromatic heterocycles. The molecule has 0 radical (unpaired) electrons. The van der Waals surface area contributed by atoms with Crippen LogP contribution in [0, 0.1) is 0 Å². The molecule has 3 rings (SSSR count). The second-order valence-electron chi connectivity index (χ2n) is 6.67. The van der Waals surface area contributed by atoms with Crippen molar-refractivity contribution >= 4 is 11.6 Å². The summed E-state index contributed by atoms with van der Waals surface area (Å²) in [6.45, 7) is 7.79. The van der Waals surface area contributed by atoms with E-state index in [2.05, 4.69) is 21.6 Å². The third-order valence-electron chi connectivity index (χ3n) is 4.65. The molecule has 2 aromatic carbocycles. The average Bonchev–Trinajstić information content (AvgIpc) is 2.71. The number of piperazine rings is 1. The number of ether oxygens (including phenoxy) is 2. The zero-order valence-electron chi connectivity index (χ0n) is 15.8. The highest BCUT2D eigenvalue weighted by Crippen LogP contribution is 2.29. The summed E-state index contributed by atoms with van der Waals surface area (Å²) < 4.78 is 11.4. The summed E-state index contributed by atoms with van der Waals surface area (Å²) >= 11 is 6.02. The number of benzene rings is 2. The zero-order chi connectivity index (χ0) is 18.9. The van der Waals surface area contributed by atoms with Gasteiger partial charge in [0.2, 0.25) is 0 Å². The van der Waals surface area contributed by atoms with Crippen molar-refractivity contribution in [3.8, 4) is 11.5 Å². The van der Waals surface area contributed by atoms with Gasteiger partial charge in [0, 0.05) is 50.8 Å². The first-order valence-electron chi connectivity index (χ1n) is 9.42. The fraction of sp³-hybridized carbons (Fsp3) is 0.429. The van der Waals surface area contributed by atoms with Gasteiger partial charge in [0.25, 0.3) is 0 Å². The second-order valence-corrected chi connectivity index (χ2v) is 7.11. The predicted molar refractivity (Wildman–Crippen MR) is 110 cm³/mol. The van der Waals surface area contributed by atoms with Gasteiger partial charge in [-0.2, -0.15) is 0 Å². The maximum absolute atomic E-state index is 6.02. The largest absolute Gasteiger partial charge is 0.493 e. The molecule has 146 valence electrons. The predicted octanol–water partition coefficient (Wildman–Crippen LogP) is 2.92. The molecule has 0 amide bonds. The van der Waals surface area contributed by atoms with Gasteiger partial charge in [-0.1, -0.05) is 29.8 Å². The Bertz CT molecular complexity index is 720. The van der Waals surface area contributed by atoms with E-state index in [-0.39, 0.29) is 0 Å². The number of nitrogens with one attached hydrogen (secondary N) is 2. The lowest BCUT2D eigenvalue weighted by Gasteiger charge is -2.27. The smallest absolute Gasteiger partial charge is 0.161 e. The van der Waals surface area contributed by atoms with Gasteiger partial charge in [-0.05, 0) is 35.4 Å². The van der Waals surface area contributed by atoms with Gasteiger partial charge in [-0.15, -0.1) is 0 Å². The summed E-state index contributed by atoms with van der Waals surface area (Å²) in [6, 6.07) is 13.8. The minimum absolute atomic E-state index is 0.458. The quantitative estimate of drug-likeness (QED) is 0.646. The second kappa shape index (κ2) is 10.5. The lowest BCUT2D eigenvalue weighted by molar-refractivity contribution is 0.241. The van der Waals surface area contributed by atoms with Gasteiger partial charge in [0.1, 0.15) is 6.61 Å². The van der Waals surface area contributed by atoms with Gasteiger partial charge in [-0.25, -0.2) is 0 Å². The highest BCUT2D eigenvalue weighted by Gasteiger charge is 2.09. The van der Waals surface area contributed by atoms with E-state index in [1.807, 2.05) is 36.4 Å². The molecule has 1 fully saturated rings. The molecule has 6 heteroatoms. The van der Waals surface area contributed by atoms with Crippen LogP contribution in [0.2, 0.25) is 5.02 Å². The maximum Gasteiger partial charge on any atom is 0.161 e. The van der Waals surface area contributed by atoms with Gasteiger partial charge < -0.3 is 20.1 Å². The number of methoxy groups -OCH3 is 1. The molecule has 1 heterocycles. The van der Waals surface area contributed by atoms with Crippen LogP contribution in [0.5, 0.6) is 11.5 Å². The van der Waals surface area contributed by atoms with Crippen molar-refractivity contribution in [2.45, 2.75) is 13.2 Å². The first kappa shape index (κ1) is 20.0. The molecule has 1 saturated heterocycles. The topological polar surface area (TPSA) is 45.8 Å². The SMILES string of the molecule is COc1cc(CNCCN2CCNCC2)ccc1OCc1cccc(Cl)c1. The van der Waals surface area contributed by atoms with E-state index in [0.717, 1.165) is 62.9 Å². The Morgan fingerprint density at radius 1 is 1.07 bits per heavy atom. The third-order valence-corrected chi connectivity index (χ3v) is 4.89. The average molecular weight is 390 g/mol. The van der Waals surface area contributed by atoms with E-state index < -0.39 is 0 Å². The molecule has 5 nitrogen and oxygen atoms in total. The third kappa shape index (κ3) is 6.40. The molecule has 1 aliphatic rings. The summed E-state index contributed by atoms with van der Waals surface area (Å²) in [4.78, 5) is 2.48. The van der Waals surface area contributed by atoms with Gasteiger partial charge in [-0.3, -0.25) is 4.90 Å². The van der Waals surface area contributed by atoms with Crippen molar-refractivity contribution in [3.63, 3.8) is 0 Å². The van der Waals surface area contributed by atoms with Crippen LogP contribution in [0.15, 0.2) is 42.5 Å². The molecule has 0 atom stereocenters. The fourth-order valence-corrected chi connectivity index (χ4v) is 3.35. The number of halogens is 1. The van der Waals surface area contributed by atoms with E-state index in [4.69, 9.17) is 21.1 Å². The molecule has 0 unspecified atom stereocenters. The minimum atomic E-state index is 0.458. The minimum Gasteiger partial charge on any atom is -0.493 e. The Balaban J connectivity index is 1.47. The van der Waals surface area contributed by atoms with Crippen LogP contribution in [0.4, 0.5) is 0 Å². The van der Waals surface area contributed by atoms with Crippen molar-refractivity contribution in [2.75, 3.05) is 46.4 Å². The highest BCUT2D eigenvalue weighted by atomic mass is 35.5. The first-order valence-corrected chi connectivity index (χ1v) is 9.80. The summed E-state index contributed by atoms with van der Waals surface area (Å²) in [5.74, 6) is 1.49. The Kier molecular flexibility index (Phi) is 7.78. The molecular formula is C21H28ClN3O2. The van der Waals surface area contributed by atoms with Gasteiger partial charge in [0.15, 0.2) is 11.5 Å². The van der Waals surface area contributed by atoms with Crippen LogP contribution >= 0.6 is 11.6 Å². The zero-order valence-corrected chi connectivity index (χ0v) is 16.6. The highest BCUT2D eigenvalue weighted by molar-refractivity contribution is 6.30. The van der Waals surface area contributed by atoms with Crippen LogP contribution in [0.25, 0.3) is 0 Å². The van der Waals surface area contributed by atoms with E-state index in [0.29, 0.717) is 11.6 Å². The number of hydrogen-bond donors (Lipinski definition) is 2. The van der Waals surface area contributed by atoms with Crippen molar-refractivity contribution in [1.82, 2.24) is 15.5 Å². The molecule has 0 spiro atoms. The van der Waals surface area contributed by atoms with Gasteiger partial charge >= 0.3 is 0 Å². The molecule has 2 N–H and O–H groups in total. The molecule has 0 aliphatic carbocycles. The summed E-state index contributed by atoms with van der Waals surface area (Å²) in [5.41, 5.74) is 2.21. The fourth-order valence-electron chi connectivity index (χ4n) is 3.13. The van der Waals surface area contributed by atoms with E-state index in [1.54, 1.807) is 7.11 Å². The van der Waals surface area contributed by atoms with E-state index in [9.17, 15) is 0 Å². The van der Waals surface area contributed by atoms with Crippen LogP contribution < -0.4 is 20.1 Å². The normalized spacial score (nSPS) is 14.9. The van der Waals surface area contributed by atoms with Crippen LogP contribution in [-0.4, -0.2) is 51.3 Å². The van der Waals surface area contributed by atoms with Crippen LogP contribution in [0.3, 0.4) is 0 Å².